The molecule has 1 aliphatic heterocycles. The Hall–Kier alpha value is -2.15. The zero-order valence-electron chi connectivity index (χ0n) is 17.1. The van der Waals surface area contributed by atoms with Gasteiger partial charge in [0.25, 0.3) is 0 Å². The SMILES string of the molecule is Cc1cc(-c2nn(C)c(Cl)c2CN2CCC[C@H](NCCc3ccccc3)C2)no1. The molecule has 154 valence electrons. The number of rotatable bonds is 7. The van der Waals surface area contributed by atoms with Crippen LogP contribution in [0.3, 0.4) is 0 Å². The van der Waals surface area contributed by atoms with Crippen molar-refractivity contribution in [2.24, 2.45) is 7.05 Å². The maximum atomic E-state index is 6.58. The van der Waals surface area contributed by atoms with Crippen molar-refractivity contribution in [3.8, 4) is 11.4 Å². The molecular weight excluding hydrogens is 386 g/mol. The normalized spacial score (nSPS) is 17.7. The molecule has 29 heavy (non-hydrogen) atoms. The smallest absolute Gasteiger partial charge is 0.134 e. The van der Waals surface area contributed by atoms with Gasteiger partial charge in [-0.05, 0) is 44.8 Å². The van der Waals surface area contributed by atoms with Crippen LogP contribution in [0.1, 0.15) is 29.7 Å². The predicted molar refractivity (Wildman–Crippen MR) is 115 cm³/mol. The Morgan fingerprint density at radius 3 is 2.86 bits per heavy atom. The van der Waals surface area contributed by atoms with Crippen molar-refractivity contribution in [2.45, 2.75) is 38.8 Å². The molecule has 1 fully saturated rings. The second kappa shape index (κ2) is 9.11. The summed E-state index contributed by atoms with van der Waals surface area (Å²) in [6, 6.07) is 13.0. The lowest BCUT2D eigenvalue weighted by atomic mass is 10.0. The molecule has 1 N–H and O–H groups in total. The van der Waals surface area contributed by atoms with Gasteiger partial charge >= 0.3 is 0 Å². The van der Waals surface area contributed by atoms with Crippen LogP contribution in [0.4, 0.5) is 0 Å². The van der Waals surface area contributed by atoms with E-state index >= 15 is 0 Å². The highest BCUT2D eigenvalue weighted by Gasteiger charge is 2.25. The van der Waals surface area contributed by atoms with Crippen LogP contribution in [0.2, 0.25) is 5.15 Å². The van der Waals surface area contributed by atoms with Crippen molar-refractivity contribution < 1.29 is 4.52 Å². The summed E-state index contributed by atoms with van der Waals surface area (Å²) in [5.41, 5.74) is 3.96. The Morgan fingerprint density at radius 1 is 1.28 bits per heavy atom. The highest BCUT2D eigenvalue weighted by molar-refractivity contribution is 6.30. The first-order valence-corrected chi connectivity index (χ1v) is 10.6. The second-order valence-electron chi connectivity index (χ2n) is 7.83. The van der Waals surface area contributed by atoms with E-state index in [1.165, 1.54) is 18.4 Å². The molecular formula is C22H28ClN5O. The summed E-state index contributed by atoms with van der Waals surface area (Å²) in [6.45, 7) is 5.73. The van der Waals surface area contributed by atoms with Gasteiger partial charge in [-0.1, -0.05) is 47.1 Å². The fourth-order valence-corrected chi connectivity index (χ4v) is 4.21. The van der Waals surface area contributed by atoms with Gasteiger partial charge in [-0.25, -0.2) is 0 Å². The van der Waals surface area contributed by atoms with E-state index in [0.29, 0.717) is 11.2 Å². The molecule has 6 nitrogen and oxygen atoms in total. The zero-order valence-corrected chi connectivity index (χ0v) is 17.8. The Kier molecular flexibility index (Phi) is 6.33. The van der Waals surface area contributed by atoms with Gasteiger partial charge in [0, 0.05) is 37.8 Å². The molecule has 0 unspecified atom stereocenters. The number of hydrogen-bond donors (Lipinski definition) is 1. The topological polar surface area (TPSA) is 59.1 Å². The van der Waals surface area contributed by atoms with Gasteiger partial charge in [0.1, 0.15) is 22.3 Å². The van der Waals surface area contributed by atoms with Crippen LogP contribution in [0.25, 0.3) is 11.4 Å². The molecule has 0 bridgehead atoms. The number of hydrogen-bond acceptors (Lipinski definition) is 5. The number of nitrogens with one attached hydrogen (secondary N) is 1. The molecule has 0 radical (unpaired) electrons. The van der Waals surface area contributed by atoms with E-state index in [1.807, 2.05) is 20.0 Å². The fourth-order valence-electron chi connectivity index (χ4n) is 4.03. The van der Waals surface area contributed by atoms with Crippen LogP contribution >= 0.6 is 11.6 Å². The number of likely N-dealkylation sites (tertiary alicyclic amines) is 1. The molecule has 3 heterocycles. The average molecular weight is 414 g/mol. The van der Waals surface area contributed by atoms with Gasteiger partial charge in [0.2, 0.25) is 0 Å². The summed E-state index contributed by atoms with van der Waals surface area (Å²) in [7, 11) is 1.87. The molecule has 1 aliphatic rings. The molecule has 7 heteroatoms. The Bertz CT molecular complexity index is 936. The van der Waals surface area contributed by atoms with E-state index in [2.05, 4.69) is 50.8 Å². The predicted octanol–water partition coefficient (Wildman–Crippen LogP) is 3.83. The highest BCUT2D eigenvalue weighted by atomic mass is 35.5. The van der Waals surface area contributed by atoms with E-state index in [-0.39, 0.29) is 0 Å². The van der Waals surface area contributed by atoms with Gasteiger partial charge in [0.15, 0.2) is 0 Å². The first-order chi connectivity index (χ1) is 14.1. The maximum absolute atomic E-state index is 6.58. The zero-order chi connectivity index (χ0) is 20.2. The summed E-state index contributed by atoms with van der Waals surface area (Å²) < 4.78 is 6.96. The minimum Gasteiger partial charge on any atom is -0.361 e. The molecule has 4 rings (SSSR count). The minimum atomic E-state index is 0.501. The van der Waals surface area contributed by atoms with Crippen LogP contribution in [0, 0.1) is 6.92 Å². The standard InChI is InChI=1S/C22H28ClN5O/c1-16-13-20(26-29-16)21-19(22(23)27(2)25-21)15-28-12-6-9-18(14-28)24-11-10-17-7-4-3-5-8-17/h3-5,7-8,13,18,24H,6,9-12,14-15H2,1-2H3/t18-/m0/s1. The molecule has 3 aromatic rings. The van der Waals surface area contributed by atoms with Gasteiger partial charge in [0.05, 0.1) is 0 Å². The molecule has 0 amide bonds. The molecule has 0 saturated carbocycles. The number of halogens is 1. The minimum absolute atomic E-state index is 0.501. The number of benzene rings is 1. The third kappa shape index (κ3) is 4.89. The van der Waals surface area contributed by atoms with E-state index in [0.717, 1.165) is 55.3 Å². The van der Waals surface area contributed by atoms with Crippen LogP contribution in [-0.4, -0.2) is 45.5 Å². The highest BCUT2D eigenvalue weighted by Crippen LogP contribution is 2.30. The van der Waals surface area contributed by atoms with Crippen LogP contribution in [-0.2, 0) is 20.0 Å². The molecule has 2 aromatic heterocycles. The van der Waals surface area contributed by atoms with Crippen molar-refractivity contribution in [1.29, 1.82) is 0 Å². The first kappa shape index (κ1) is 20.1. The summed E-state index contributed by atoms with van der Waals surface area (Å²) in [5.74, 6) is 0.772. The van der Waals surface area contributed by atoms with E-state index in [1.54, 1.807) is 4.68 Å². The van der Waals surface area contributed by atoms with Crippen molar-refractivity contribution in [2.75, 3.05) is 19.6 Å². The van der Waals surface area contributed by atoms with Crippen molar-refractivity contribution >= 4 is 11.6 Å². The summed E-state index contributed by atoms with van der Waals surface area (Å²) in [4.78, 5) is 2.46. The van der Waals surface area contributed by atoms with Gasteiger partial charge in [-0.15, -0.1) is 0 Å². The molecule has 0 aliphatic carbocycles. The first-order valence-electron chi connectivity index (χ1n) is 10.2. The monoisotopic (exact) mass is 413 g/mol. The third-order valence-electron chi connectivity index (χ3n) is 5.52. The van der Waals surface area contributed by atoms with E-state index in [9.17, 15) is 0 Å². The molecule has 1 saturated heterocycles. The number of piperidine rings is 1. The Balaban J connectivity index is 1.38. The van der Waals surface area contributed by atoms with Crippen LogP contribution in [0.15, 0.2) is 40.9 Å². The lowest BCUT2D eigenvalue weighted by Crippen LogP contribution is -2.45. The lowest BCUT2D eigenvalue weighted by molar-refractivity contribution is 0.184. The summed E-state index contributed by atoms with van der Waals surface area (Å²) in [6.07, 6.45) is 3.45. The van der Waals surface area contributed by atoms with Gasteiger partial charge in [-0.3, -0.25) is 9.58 Å². The van der Waals surface area contributed by atoms with Crippen molar-refractivity contribution in [3.05, 3.63) is 58.4 Å². The molecule has 1 atom stereocenters. The number of aromatic nitrogens is 3. The average Bonchev–Trinajstić information content (AvgIpc) is 3.27. The van der Waals surface area contributed by atoms with Crippen molar-refractivity contribution in [3.63, 3.8) is 0 Å². The fraction of sp³-hybridized carbons (Fsp3) is 0.455. The lowest BCUT2D eigenvalue weighted by Gasteiger charge is -2.33. The molecule has 0 spiro atoms. The maximum Gasteiger partial charge on any atom is 0.134 e. The van der Waals surface area contributed by atoms with Gasteiger partial charge in [-0.2, -0.15) is 5.10 Å². The number of nitrogens with zero attached hydrogens (tertiary/aromatic N) is 4. The summed E-state index contributed by atoms with van der Waals surface area (Å²) in [5, 5.41) is 13.1. The quantitative estimate of drug-likeness (QED) is 0.637. The Labute approximate surface area is 176 Å². The molecule has 1 aromatic carbocycles. The van der Waals surface area contributed by atoms with Crippen LogP contribution < -0.4 is 5.32 Å². The van der Waals surface area contributed by atoms with E-state index < -0.39 is 0 Å². The third-order valence-corrected chi connectivity index (χ3v) is 5.99. The second-order valence-corrected chi connectivity index (χ2v) is 8.19. The van der Waals surface area contributed by atoms with Crippen molar-refractivity contribution in [1.82, 2.24) is 25.2 Å². The summed E-state index contributed by atoms with van der Waals surface area (Å²) >= 11 is 6.58. The Morgan fingerprint density at radius 2 is 2.10 bits per heavy atom. The number of aryl methyl sites for hydroxylation is 2. The van der Waals surface area contributed by atoms with Crippen LogP contribution in [0.5, 0.6) is 0 Å². The van der Waals surface area contributed by atoms with E-state index in [4.69, 9.17) is 16.1 Å². The van der Waals surface area contributed by atoms with Gasteiger partial charge < -0.3 is 9.84 Å². The largest absolute Gasteiger partial charge is 0.361 e.